The third-order valence-corrected chi connectivity index (χ3v) is 7.10. The number of carbonyl (C=O) groups is 1. The van der Waals surface area contributed by atoms with Gasteiger partial charge >= 0.3 is 6.18 Å². The fourth-order valence-corrected chi connectivity index (χ4v) is 5.49. The first-order valence-electron chi connectivity index (χ1n) is 11.2. The Balaban J connectivity index is 1.05. The standard InChI is InChI=1S/C25H27F3N2O3/c1-17-2-6-20(7-3-17)33-21-10-11-30(12-21)24-14-23(15-24,16-24)29-22(31)13-32-19-8-4-18(5-9-19)25(26,27)28/h2-9,21H,10-16H2,1H3,(H,29,31). The van der Waals surface area contributed by atoms with Crippen LogP contribution in [0.15, 0.2) is 48.5 Å². The third-order valence-electron chi connectivity index (χ3n) is 7.10. The summed E-state index contributed by atoms with van der Waals surface area (Å²) in [5.74, 6) is 0.899. The van der Waals surface area contributed by atoms with Crippen LogP contribution in [0.3, 0.4) is 0 Å². The van der Waals surface area contributed by atoms with Crippen molar-refractivity contribution in [1.82, 2.24) is 10.2 Å². The molecule has 2 bridgehead atoms. The minimum absolute atomic E-state index is 0.160. The lowest BCUT2D eigenvalue weighted by molar-refractivity contribution is -0.179. The molecule has 0 aromatic heterocycles. The fourth-order valence-electron chi connectivity index (χ4n) is 5.49. The lowest BCUT2D eigenvalue weighted by Gasteiger charge is -2.73. The predicted molar refractivity (Wildman–Crippen MR) is 116 cm³/mol. The van der Waals surface area contributed by atoms with E-state index in [1.54, 1.807) is 0 Å². The maximum Gasteiger partial charge on any atom is 0.416 e. The number of hydrogen-bond acceptors (Lipinski definition) is 4. The van der Waals surface area contributed by atoms with Gasteiger partial charge in [0, 0.05) is 24.2 Å². The molecule has 1 saturated heterocycles. The van der Waals surface area contributed by atoms with E-state index in [1.165, 1.54) is 17.7 Å². The molecule has 3 saturated carbocycles. The molecule has 1 unspecified atom stereocenters. The van der Waals surface area contributed by atoms with Crippen LogP contribution in [-0.4, -0.2) is 47.7 Å². The van der Waals surface area contributed by atoms with Crippen LogP contribution in [-0.2, 0) is 11.0 Å². The van der Waals surface area contributed by atoms with Crippen molar-refractivity contribution >= 4 is 5.91 Å². The molecule has 1 N–H and O–H groups in total. The Bertz CT molecular complexity index is 1000. The number of halogens is 3. The SMILES string of the molecule is Cc1ccc(OC2CCN(C34CC(NC(=O)COc5ccc(C(F)(F)F)cc5)(C3)C4)C2)cc1. The zero-order valence-corrected chi connectivity index (χ0v) is 18.5. The van der Waals surface area contributed by atoms with Gasteiger partial charge in [0.25, 0.3) is 5.91 Å². The van der Waals surface area contributed by atoms with Crippen molar-refractivity contribution in [1.29, 1.82) is 0 Å². The zero-order valence-electron chi connectivity index (χ0n) is 18.5. The number of alkyl halides is 3. The minimum Gasteiger partial charge on any atom is -0.489 e. The Labute approximate surface area is 190 Å². The lowest BCUT2D eigenvalue weighted by Crippen LogP contribution is -2.83. The molecule has 33 heavy (non-hydrogen) atoms. The second-order valence-corrected chi connectivity index (χ2v) is 9.68. The normalized spacial score (nSPS) is 28.5. The Hall–Kier alpha value is -2.74. The molecule has 6 rings (SSSR count). The van der Waals surface area contributed by atoms with E-state index < -0.39 is 11.7 Å². The number of rotatable bonds is 7. The van der Waals surface area contributed by atoms with Crippen LogP contribution >= 0.6 is 0 Å². The van der Waals surface area contributed by atoms with Crippen molar-refractivity contribution in [3.63, 3.8) is 0 Å². The summed E-state index contributed by atoms with van der Waals surface area (Å²) in [5.41, 5.74) is 0.455. The molecule has 1 heterocycles. The highest BCUT2D eigenvalue weighted by molar-refractivity contribution is 5.79. The molecule has 1 atom stereocenters. The summed E-state index contributed by atoms with van der Waals surface area (Å²) in [4.78, 5) is 14.8. The molecule has 0 radical (unpaired) electrons. The number of ether oxygens (including phenoxy) is 2. The Morgan fingerprint density at radius 2 is 1.70 bits per heavy atom. The molecule has 4 fully saturated rings. The number of nitrogens with zero attached hydrogens (tertiary/aromatic N) is 1. The number of carbonyl (C=O) groups excluding carboxylic acids is 1. The van der Waals surface area contributed by atoms with Gasteiger partial charge in [0.15, 0.2) is 6.61 Å². The van der Waals surface area contributed by atoms with E-state index in [1.807, 2.05) is 12.1 Å². The van der Waals surface area contributed by atoms with Crippen LogP contribution in [0.4, 0.5) is 13.2 Å². The van der Waals surface area contributed by atoms with Gasteiger partial charge in [-0.3, -0.25) is 9.69 Å². The Kier molecular flexibility index (Phi) is 5.31. The van der Waals surface area contributed by atoms with Crippen LogP contribution in [0.2, 0.25) is 0 Å². The number of amides is 1. The van der Waals surface area contributed by atoms with E-state index in [9.17, 15) is 18.0 Å². The van der Waals surface area contributed by atoms with Crippen molar-refractivity contribution in [3.05, 3.63) is 59.7 Å². The van der Waals surface area contributed by atoms with Crippen LogP contribution in [0.25, 0.3) is 0 Å². The van der Waals surface area contributed by atoms with Gasteiger partial charge in [0.2, 0.25) is 0 Å². The molecule has 4 aliphatic rings. The molecule has 0 spiro atoms. The van der Waals surface area contributed by atoms with Crippen molar-refractivity contribution in [3.8, 4) is 11.5 Å². The summed E-state index contributed by atoms with van der Waals surface area (Å²) in [6, 6.07) is 12.5. The van der Waals surface area contributed by atoms with Crippen LogP contribution in [0.1, 0.15) is 36.8 Å². The average Bonchev–Trinajstić information content (AvgIpc) is 3.17. The number of aryl methyl sites for hydroxylation is 1. The quantitative estimate of drug-likeness (QED) is 0.668. The molecule has 8 heteroatoms. The second-order valence-electron chi connectivity index (χ2n) is 9.68. The summed E-state index contributed by atoms with van der Waals surface area (Å²) in [6.07, 6.45) is -0.450. The highest BCUT2D eigenvalue weighted by Crippen LogP contribution is 2.64. The molecule has 1 amide bonds. The van der Waals surface area contributed by atoms with Gasteiger partial charge in [-0.15, -0.1) is 0 Å². The van der Waals surface area contributed by atoms with Gasteiger partial charge in [0.05, 0.1) is 5.56 Å². The maximum absolute atomic E-state index is 12.6. The fraction of sp³-hybridized carbons (Fsp3) is 0.480. The first-order chi connectivity index (χ1) is 15.6. The maximum atomic E-state index is 12.6. The highest BCUT2D eigenvalue weighted by Gasteiger charge is 2.71. The largest absolute Gasteiger partial charge is 0.489 e. The smallest absolute Gasteiger partial charge is 0.416 e. The van der Waals surface area contributed by atoms with E-state index >= 15 is 0 Å². The Morgan fingerprint density at radius 1 is 1.06 bits per heavy atom. The topological polar surface area (TPSA) is 50.8 Å². The zero-order chi connectivity index (χ0) is 23.3. The molecule has 5 nitrogen and oxygen atoms in total. The van der Waals surface area contributed by atoms with Crippen LogP contribution < -0.4 is 14.8 Å². The number of likely N-dealkylation sites (tertiary alicyclic amines) is 1. The van der Waals surface area contributed by atoms with Crippen molar-refractivity contribution in [2.75, 3.05) is 19.7 Å². The van der Waals surface area contributed by atoms with E-state index in [0.29, 0.717) is 0 Å². The summed E-state index contributed by atoms with van der Waals surface area (Å²) < 4.78 is 49.4. The summed E-state index contributed by atoms with van der Waals surface area (Å²) in [5, 5.41) is 3.07. The van der Waals surface area contributed by atoms with Gasteiger partial charge in [-0.2, -0.15) is 13.2 Å². The predicted octanol–water partition coefficient (Wildman–Crippen LogP) is 4.34. The monoisotopic (exact) mass is 460 g/mol. The number of nitrogens with one attached hydrogen (secondary N) is 1. The van der Waals surface area contributed by atoms with Gasteiger partial charge < -0.3 is 14.8 Å². The van der Waals surface area contributed by atoms with Crippen LogP contribution in [0.5, 0.6) is 11.5 Å². The lowest BCUT2D eigenvalue weighted by atomic mass is 9.43. The molecule has 176 valence electrons. The molecule has 2 aromatic rings. The van der Waals surface area contributed by atoms with Gasteiger partial charge in [-0.05, 0) is 69.0 Å². The first kappa shape index (κ1) is 22.1. The van der Waals surface area contributed by atoms with E-state index in [-0.39, 0.29) is 35.4 Å². The van der Waals surface area contributed by atoms with Crippen molar-refractivity contribution in [2.45, 2.75) is 56.0 Å². The molecular formula is C25H27F3N2O3. The minimum atomic E-state index is -4.39. The first-order valence-corrected chi connectivity index (χ1v) is 11.2. The molecular weight excluding hydrogens is 433 g/mol. The third kappa shape index (κ3) is 4.40. The van der Waals surface area contributed by atoms with Crippen LogP contribution in [0, 0.1) is 6.92 Å². The highest BCUT2D eigenvalue weighted by atomic mass is 19.4. The Morgan fingerprint density at radius 3 is 2.33 bits per heavy atom. The summed E-state index contributed by atoms with van der Waals surface area (Å²) in [7, 11) is 0. The van der Waals surface area contributed by atoms with Gasteiger partial charge in [-0.1, -0.05) is 17.7 Å². The average molecular weight is 460 g/mol. The molecule has 2 aromatic carbocycles. The molecule has 3 aliphatic carbocycles. The number of benzene rings is 2. The van der Waals surface area contributed by atoms with Crippen molar-refractivity contribution < 1.29 is 27.4 Å². The van der Waals surface area contributed by atoms with Gasteiger partial charge in [-0.25, -0.2) is 0 Å². The number of hydrogen-bond donors (Lipinski definition) is 1. The van der Waals surface area contributed by atoms with Crippen molar-refractivity contribution in [2.24, 2.45) is 0 Å². The van der Waals surface area contributed by atoms with E-state index in [0.717, 1.165) is 56.7 Å². The summed E-state index contributed by atoms with van der Waals surface area (Å²) in [6.45, 7) is 3.74. The van der Waals surface area contributed by atoms with E-state index in [2.05, 4.69) is 29.3 Å². The second kappa shape index (κ2) is 7.94. The van der Waals surface area contributed by atoms with E-state index in [4.69, 9.17) is 9.47 Å². The van der Waals surface area contributed by atoms with Gasteiger partial charge in [0.1, 0.15) is 17.6 Å². The summed E-state index contributed by atoms with van der Waals surface area (Å²) >= 11 is 0. The molecule has 1 aliphatic heterocycles.